The highest BCUT2D eigenvalue weighted by atomic mass is 16.5. The van der Waals surface area contributed by atoms with Crippen LogP contribution in [-0.4, -0.2) is 24.0 Å². The van der Waals surface area contributed by atoms with Crippen molar-refractivity contribution in [1.82, 2.24) is 10.3 Å². The van der Waals surface area contributed by atoms with E-state index in [1.54, 1.807) is 6.20 Å². The summed E-state index contributed by atoms with van der Waals surface area (Å²) in [5, 5.41) is 3.85. The summed E-state index contributed by atoms with van der Waals surface area (Å²) in [4.78, 5) is 16.0. The van der Waals surface area contributed by atoms with Crippen LogP contribution in [0.1, 0.15) is 20.3 Å². The maximum Gasteiger partial charge on any atom is 0.257 e. The Bertz CT molecular complexity index is 576. The van der Waals surface area contributed by atoms with E-state index in [0.717, 1.165) is 17.3 Å². The zero-order valence-electron chi connectivity index (χ0n) is 11.9. The molecule has 1 heterocycles. The summed E-state index contributed by atoms with van der Waals surface area (Å²) in [6.07, 6.45) is 2.69. The van der Waals surface area contributed by atoms with E-state index in [1.165, 1.54) is 0 Å². The molecule has 4 heteroatoms. The topological polar surface area (TPSA) is 51.2 Å². The number of fused-ring (bicyclic) bond motifs is 1. The minimum atomic E-state index is -0.0985. The maximum atomic E-state index is 11.7. The molecule has 1 amide bonds. The number of hydrogen-bond donors (Lipinski definition) is 1. The van der Waals surface area contributed by atoms with Crippen molar-refractivity contribution in [2.45, 2.75) is 20.3 Å². The fourth-order valence-electron chi connectivity index (χ4n) is 1.89. The first-order chi connectivity index (χ1) is 9.66. The Kier molecular flexibility index (Phi) is 4.93. The molecular weight excluding hydrogens is 252 g/mol. The molecule has 20 heavy (non-hydrogen) atoms. The standard InChI is InChI=1S/C16H20N2O2/c1-12(2)8-10-17-15(19)11-20-14-7-3-5-13-6-4-9-18-16(13)14/h3-7,9,12H,8,10-11H2,1-2H3,(H,17,19). The molecule has 0 bridgehead atoms. The molecule has 0 fully saturated rings. The number of hydrogen-bond acceptors (Lipinski definition) is 3. The number of nitrogens with one attached hydrogen (secondary N) is 1. The third-order valence-electron chi connectivity index (χ3n) is 3.00. The van der Waals surface area contributed by atoms with Crippen molar-refractivity contribution < 1.29 is 9.53 Å². The summed E-state index contributed by atoms with van der Waals surface area (Å²) < 4.78 is 5.56. The molecule has 0 aliphatic carbocycles. The third kappa shape index (κ3) is 3.95. The lowest BCUT2D eigenvalue weighted by atomic mass is 10.1. The molecule has 0 atom stereocenters. The maximum absolute atomic E-state index is 11.7. The fourth-order valence-corrected chi connectivity index (χ4v) is 1.89. The van der Waals surface area contributed by atoms with Crippen LogP contribution in [0.2, 0.25) is 0 Å². The van der Waals surface area contributed by atoms with Crippen LogP contribution in [-0.2, 0) is 4.79 Å². The average Bonchev–Trinajstić information content (AvgIpc) is 2.44. The molecule has 2 aromatic rings. The molecule has 2 rings (SSSR count). The number of aromatic nitrogens is 1. The zero-order valence-corrected chi connectivity index (χ0v) is 11.9. The monoisotopic (exact) mass is 272 g/mol. The van der Waals surface area contributed by atoms with Gasteiger partial charge in [-0.2, -0.15) is 0 Å². The highest BCUT2D eigenvalue weighted by molar-refractivity contribution is 5.85. The van der Waals surface area contributed by atoms with E-state index in [9.17, 15) is 4.79 Å². The minimum absolute atomic E-state index is 0.0216. The van der Waals surface area contributed by atoms with Crippen LogP contribution in [0.4, 0.5) is 0 Å². The van der Waals surface area contributed by atoms with Gasteiger partial charge in [0.15, 0.2) is 6.61 Å². The fraction of sp³-hybridized carbons (Fsp3) is 0.375. The number of carbonyl (C=O) groups excluding carboxylic acids is 1. The van der Waals surface area contributed by atoms with E-state index < -0.39 is 0 Å². The Morgan fingerprint density at radius 1 is 1.30 bits per heavy atom. The predicted octanol–water partition coefficient (Wildman–Crippen LogP) is 2.78. The third-order valence-corrected chi connectivity index (χ3v) is 3.00. The van der Waals surface area contributed by atoms with Gasteiger partial charge in [-0.25, -0.2) is 0 Å². The summed E-state index contributed by atoms with van der Waals surface area (Å²) in [5.74, 6) is 1.12. The molecule has 0 saturated heterocycles. The van der Waals surface area contributed by atoms with Gasteiger partial charge in [0, 0.05) is 18.1 Å². The van der Waals surface area contributed by atoms with Crippen LogP contribution in [0, 0.1) is 5.92 Å². The number of carbonyl (C=O) groups is 1. The molecule has 1 aromatic carbocycles. The van der Waals surface area contributed by atoms with Gasteiger partial charge in [-0.15, -0.1) is 0 Å². The van der Waals surface area contributed by atoms with Crippen molar-refractivity contribution in [3.05, 3.63) is 36.5 Å². The second-order valence-corrected chi connectivity index (χ2v) is 5.15. The van der Waals surface area contributed by atoms with Gasteiger partial charge in [0.2, 0.25) is 0 Å². The number of para-hydroxylation sites is 1. The van der Waals surface area contributed by atoms with Gasteiger partial charge >= 0.3 is 0 Å². The molecule has 1 aromatic heterocycles. The van der Waals surface area contributed by atoms with Crippen molar-refractivity contribution in [2.24, 2.45) is 5.92 Å². The van der Waals surface area contributed by atoms with Gasteiger partial charge < -0.3 is 10.1 Å². The lowest BCUT2D eigenvalue weighted by Gasteiger charge is -2.10. The highest BCUT2D eigenvalue weighted by Crippen LogP contribution is 2.22. The molecule has 0 aliphatic heterocycles. The number of pyridine rings is 1. The molecule has 4 nitrogen and oxygen atoms in total. The van der Waals surface area contributed by atoms with Gasteiger partial charge in [0.1, 0.15) is 11.3 Å². The summed E-state index contributed by atoms with van der Waals surface area (Å²) in [6, 6.07) is 9.55. The Labute approximate surface area is 119 Å². The Morgan fingerprint density at radius 3 is 2.90 bits per heavy atom. The second kappa shape index (κ2) is 6.89. The first-order valence-corrected chi connectivity index (χ1v) is 6.90. The van der Waals surface area contributed by atoms with E-state index in [0.29, 0.717) is 18.2 Å². The quantitative estimate of drug-likeness (QED) is 0.879. The summed E-state index contributed by atoms with van der Waals surface area (Å²) in [6.45, 7) is 4.97. The normalized spacial score (nSPS) is 10.8. The van der Waals surface area contributed by atoms with Crippen LogP contribution < -0.4 is 10.1 Å². The zero-order chi connectivity index (χ0) is 14.4. The van der Waals surface area contributed by atoms with Crippen LogP contribution in [0.5, 0.6) is 5.75 Å². The SMILES string of the molecule is CC(C)CCNC(=O)COc1cccc2cccnc12. The van der Waals surface area contributed by atoms with Gasteiger partial charge in [0.25, 0.3) is 5.91 Å². The van der Waals surface area contributed by atoms with Crippen molar-refractivity contribution in [3.8, 4) is 5.75 Å². The minimum Gasteiger partial charge on any atom is -0.481 e. The molecule has 0 saturated carbocycles. The Balaban J connectivity index is 1.91. The average molecular weight is 272 g/mol. The van der Waals surface area contributed by atoms with E-state index in [4.69, 9.17) is 4.74 Å². The molecule has 0 spiro atoms. The lowest BCUT2D eigenvalue weighted by Crippen LogP contribution is -2.30. The van der Waals surface area contributed by atoms with E-state index in [-0.39, 0.29) is 12.5 Å². The van der Waals surface area contributed by atoms with E-state index in [2.05, 4.69) is 24.1 Å². The molecule has 0 unspecified atom stereocenters. The van der Waals surface area contributed by atoms with Crippen LogP contribution >= 0.6 is 0 Å². The van der Waals surface area contributed by atoms with Crippen molar-refractivity contribution >= 4 is 16.8 Å². The lowest BCUT2D eigenvalue weighted by molar-refractivity contribution is -0.123. The van der Waals surface area contributed by atoms with Crippen LogP contribution in [0.15, 0.2) is 36.5 Å². The highest BCUT2D eigenvalue weighted by Gasteiger charge is 2.06. The predicted molar refractivity (Wildman–Crippen MR) is 79.7 cm³/mol. The van der Waals surface area contributed by atoms with E-state index in [1.807, 2.05) is 30.3 Å². The number of ether oxygens (including phenoxy) is 1. The van der Waals surface area contributed by atoms with E-state index >= 15 is 0 Å². The largest absolute Gasteiger partial charge is 0.481 e. The van der Waals surface area contributed by atoms with Gasteiger partial charge in [0.05, 0.1) is 0 Å². The smallest absolute Gasteiger partial charge is 0.257 e. The first kappa shape index (κ1) is 14.3. The number of nitrogens with zero attached hydrogens (tertiary/aromatic N) is 1. The van der Waals surface area contributed by atoms with Gasteiger partial charge in [-0.1, -0.05) is 32.0 Å². The number of amides is 1. The van der Waals surface area contributed by atoms with Gasteiger partial charge in [-0.05, 0) is 24.5 Å². The van der Waals surface area contributed by atoms with Crippen LogP contribution in [0.25, 0.3) is 10.9 Å². The van der Waals surface area contributed by atoms with Crippen LogP contribution in [0.3, 0.4) is 0 Å². The summed E-state index contributed by atoms with van der Waals surface area (Å²) in [7, 11) is 0. The number of benzene rings is 1. The summed E-state index contributed by atoms with van der Waals surface area (Å²) >= 11 is 0. The Morgan fingerprint density at radius 2 is 2.10 bits per heavy atom. The molecule has 1 N–H and O–H groups in total. The second-order valence-electron chi connectivity index (χ2n) is 5.15. The molecule has 0 radical (unpaired) electrons. The van der Waals surface area contributed by atoms with Crippen molar-refractivity contribution in [3.63, 3.8) is 0 Å². The Hall–Kier alpha value is -2.10. The van der Waals surface area contributed by atoms with Crippen molar-refractivity contribution in [2.75, 3.05) is 13.2 Å². The summed E-state index contributed by atoms with van der Waals surface area (Å²) in [5.41, 5.74) is 0.782. The first-order valence-electron chi connectivity index (χ1n) is 6.90. The van der Waals surface area contributed by atoms with Gasteiger partial charge in [-0.3, -0.25) is 9.78 Å². The molecule has 0 aliphatic rings. The molecular formula is C16H20N2O2. The number of rotatable bonds is 6. The molecule has 106 valence electrons. The van der Waals surface area contributed by atoms with Crippen molar-refractivity contribution in [1.29, 1.82) is 0 Å².